The van der Waals surface area contributed by atoms with Crippen molar-refractivity contribution in [2.24, 2.45) is 0 Å². The van der Waals surface area contributed by atoms with Crippen LogP contribution in [-0.4, -0.2) is 38.8 Å². The molecule has 1 heterocycles. The second-order valence-corrected chi connectivity index (χ2v) is 2.57. The number of nitrogens with zero attached hydrogens (tertiary/aromatic N) is 1. The van der Waals surface area contributed by atoms with Crippen LogP contribution in [0.3, 0.4) is 0 Å². The molecule has 1 rings (SSSR count). The summed E-state index contributed by atoms with van der Waals surface area (Å²) in [4.78, 5) is 34.2. The Morgan fingerprint density at radius 3 is 1.89 bits per heavy atom. The van der Waals surface area contributed by atoms with Gasteiger partial charge in [0, 0.05) is 6.07 Å². The fraction of sp³-hybridized carbons (Fsp3) is 0. The van der Waals surface area contributed by atoms with E-state index in [1.54, 1.807) is 0 Å². The lowest BCUT2D eigenvalue weighted by atomic mass is 10.4. The molecule has 0 spiro atoms. The van der Waals surface area contributed by atoms with E-state index in [1.165, 1.54) is 0 Å². The van der Waals surface area contributed by atoms with Gasteiger partial charge in [-0.3, -0.25) is 0 Å². The molecule has 10 heteroatoms. The summed E-state index contributed by atoms with van der Waals surface area (Å²) in [5, 5.41) is 25.1. The van der Waals surface area contributed by atoms with Gasteiger partial charge < -0.3 is 29.5 Å². The smallest absolute Gasteiger partial charge is 0.449 e. The predicted octanol–water partition coefficient (Wildman–Crippen LogP) is 1.25. The molecule has 0 aliphatic heterocycles. The van der Waals surface area contributed by atoms with Crippen LogP contribution in [-0.2, 0) is 0 Å². The normalized spacial score (nSPS) is 9.33. The Kier molecular flexibility index (Phi) is 3.86. The molecule has 0 atom stereocenters. The predicted molar refractivity (Wildman–Crippen MR) is 50.2 cm³/mol. The highest BCUT2D eigenvalue weighted by Crippen LogP contribution is 2.29. The minimum Gasteiger partial charge on any atom is -0.449 e. The molecule has 3 N–H and O–H groups in total. The molecule has 18 heavy (non-hydrogen) atoms. The maximum Gasteiger partial charge on any atom is 0.512 e. The van der Waals surface area contributed by atoms with Crippen molar-refractivity contribution >= 4 is 18.5 Å². The van der Waals surface area contributed by atoms with Crippen LogP contribution in [0.2, 0.25) is 0 Å². The van der Waals surface area contributed by atoms with Gasteiger partial charge in [-0.2, -0.15) is 0 Å². The number of pyridine rings is 1. The molecule has 0 unspecified atom stereocenters. The van der Waals surface area contributed by atoms with E-state index in [2.05, 4.69) is 19.2 Å². The lowest BCUT2D eigenvalue weighted by Crippen LogP contribution is -2.10. The summed E-state index contributed by atoms with van der Waals surface area (Å²) >= 11 is 0. The van der Waals surface area contributed by atoms with Gasteiger partial charge in [-0.1, -0.05) is 0 Å². The molecule has 0 aliphatic rings. The number of rotatable bonds is 3. The van der Waals surface area contributed by atoms with Crippen molar-refractivity contribution in [1.29, 1.82) is 0 Å². The van der Waals surface area contributed by atoms with Crippen molar-refractivity contribution in [3.63, 3.8) is 0 Å². The van der Waals surface area contributed by atoms with Crippen LogP contribution in [0.4, 0.5) is 14.4 Å². The number of ether oxygens (including phenoxy) is 3. The fourth-order valence-corrected chi connectivity index (χ4v) is 0.896. The first-order chi connectivity index (χ1) is 8.38. The second kappa shape index (κ2) is 5.34. The number of aromatic nitrogens is 1. The van der Waals surface area contributed by atoms with Crippen molar-refractivity contribution in [3.05, 3.63) is 12.3 Å². The Balaban J connectivity index is 3.06. The summed E-state index contributed by atoms with van der Waals surface area (Å²) in [6, 6.07) is 0.751. The van der Waals surface area contributed by atoms with Gasteiger partial charge in [0.05, 0.1) is 6.20 Å². The summed E-state index contributed by atoms with van der Waals surface area (Å²) in [7, 11) is 0. The third-order valence-corrected chi connectivity index (χ3v) is 1.39. The third-order valence-electron chi connectivity index (χ3n) is 1.39. The highest BCUT2D eigenvalue weighted by molar-refractivity contribution is 5.67. The molecule has 0 radical (unpaired) electrons. The molecule has 0 fully saturated rings. The van der Waals surface area contributed by atoms with Gasteiger partial charge in [-0.15, -0.1) is 0 Å². The van der Waals surface area contributed by atoms with E-state index in [1.807, 2.05) is 0 Å². The molecule has 96 valence electrons. The molecule has 10 nitrogen and oxygen atoms in total. The van der Waals surface area contributed by atoms with Gasteiger partial charge in [-0.05, 0) is 0 Å². The SMILES string of the molecule is O=C(O)Oc1cc(OC(=O)O)c(OC(=O)O)cn1. The Morgan fingerprint density at radius 2 is 1.39 bits per heavy atom. The highest BCUT2D eigenvalue weighted by atomic mass is 16.7. The number of carboxylic acid groups (broad SMARTS) is 3. The largest absolute Gasteiger partial charge is 0.512 e. The van der Waals surface area contributed by atoms with Crippen molar-refractivity contribution in [1.82, 2.24) is 4.98 Å². The Hall–Kier alpha value is -3.04. The van der Waals surface area contributed by atoms with Crippen LogP contribution in [0, 0.1) is 0 Å². The molecular weight excluding hydrogens is 254 g/mol. The summed E-state index contributed by atoms with van der Waals surface area (Å²) in [5.41, 5.74) is 0. The first-order valence-corrected chi connectivity index (χ1v) is 4.11. The second-order valence-electron chi connectivity index (χ2n) is 2.57. The van der Waals surface area contributed by atoms with E-state index >= 15 is 0 Å². The number of hydrogen-bond donors (Lipinski definition) is 3. The van der Waals surface area contributed by atoms with Gasteiger partial charge >= 0.3 is 18.5 Å². The van der Waals surface area contributed by atoms with Gasteiger partial charge in [0.1, 0.15) is 0 Å². The van der Waals surface area contributed by atoms with Crippen molar-refractivity contribution < 1.29 is 43.9 Å². The third kappa shape index (κ3) is 3.84. The average Bonchev–Trinajstić information content (AvgIpc) is 2.19. The molecular formula is C8H5NO9. The molecule has 0 bridgehead atoms. The zero-order chi connectivity index (χ0) is 13.7. The van der Waals surface area contributed by atoms with E-state index in [9.17, 15) is 14.4 Å². The van der Waals surface area contributed by atoms with Crippen LogP contribution in [0.15, 0.2) is 12.3 Å². The summed E-state index contributed by atoms with van der Waals surface area (Å²) in [6.45, 7) is 0. The zero-order valence-electron chi connectivity index (χ0n) is 8.39. The Morgan fingerprint density at radius 1 is 0.889 bits per heavy atom. The first-order valence-electron chi connectivity index (χ1n) is 4.11. The summed E-state index contributed by atoms with van der Waals surface area (Å²) in [6.07, 6.45) is -4.42. The molecule has 0 aromatic carbocycles. The maximum absolute atomic E-state index is 10.3. The molecule has 1 aromatic heterocycles. The topological polar surface area (TPSA) is 152 Å². The van der Waals surface area contributed by atoms with Crippen molar-refractivity contribution in [2.75, 3.05) is 0 Å². The number of hydrogen-bond acceptors (Lipinski definition) is 7. The molecule has 1 aromatic rings. The van der Waals surface area contributed by atoms with E-state index in [-0.39, 0.29) is 0 Å². The summed E-state index contributed by atoms with van der Waals surface area (Å²) < 4.78 is 12.5. The lowest BCUT2D eigenvalue weighted by Gasteiger charge is -2.07. The van der Waals surface area contributed by atoms with Crippen molar-refractivity contribution in [3.8, 4) is 17.4 Å². The van der Waals surface area contributed by atoms with Gasteiger partial charge in [0.15, 0.2) is 11.5 Å². The van der Waals surface area contributed by atoms with Crippen LogP contribution >= 0.6 is 0 Å². The standard InChI is InChI=1S/C8H5NO9/c10-6(11)16-3-1-5(18-8(14)15)9-2-4(3)17-7(12)13/h1-2H,(H,10,11)(H,12,13)(H,14,15). The van der Waals surface area contributed by atoms with E-state index < -0.39 is 35.8 Å². The Labute approximate surface area is 98.0 Å². The lowest BCUT2D eigenvalue weighted by molar-refractivity contribution is 0.131. The summed E-state index contributed by atoms with van der Waals surface area (Å²) in [5.74, 6) is -1.60. The highest BCUT2D eigenvalue weighted by Gasteiger charge is 2.16. The minimum atomic E-state index is -1.75. The van der Waals surface area contributed by atoms with Crippen LogP contribution in [0.1, 0.15) is 0 Å². The zero-order valence-corrected chi connectivity index (χ0v) is 8.39. The molecule has 0 amide bonds. The van der Waals surface area contributed by atoms with Gasteiger partial charge in [-0.25, -0.2) is 19.4 Å². The van der Waals surface area contributed by atoms with Crippen LogP contribution in [0.5, 0.6) is 17.4 Å². The minimum absolute atomic E-state index is 0.503. The maximum atomic E-state index is 10.3. The first kappa shape index (κ1) is 13.0. The monoisotopic (exact) mass is 259 g/mol. The number of carbonyl (C=O) groups is 3. The molecule has 0 saturated heterocycles. The Bertz CT molecular complexity index is 497. The average molecular weight is 259 g/mol. The van der Waals surface area contributed by atoms with E-state index in [4.69, 9.17) is 15.3 Å². The quantitative estimate of drug-likeness (QED) is 0.675. The fourth-order valence-electron chi connectivity index (χ4n) is 0.896. The van der Waals surface area contributed by atoms with E-state index in [0.717, 1.165) is 12.3 Å². The van der Waals surface area contributed by atoms with Crippen molar-refractivity contribution in [2.45, 2.75) is 0 Å². The van der Waals surface area contributed by atoms with Crippen LogP contribution < -0.4 is 14.2 Å². The van der Waals surface area contributed by atoms with Gasteiger partial charge in [0.2, 0.25) is 5.88 Å². The van der Waals surface area contributed by atoms with Gasteiger partial charge in [0.25, 0.3) is 0 Å². The van der Waals surface area contributed by atoms with Crippen LogP contribution in [0.25, 0.3) is 0 Å². The molecule has 0 saturated carbocycles. The van der Waals surface area contributed by atoms with E-state index in [0.29, 0.717) is 0 Å². The molecule has 0 aliphatic carbocycles.